The molecule has 0 spiro atoms. The van der Waals surface area contributed by atoms with E-state index in [1.165, 1.54) is 11.1 Å². The molecule has 0 aliphatic heterocycles. The molecule has 1 heterocycles. The van der Waals surface area contributed by atoms with Crippen molar-refractivity contribution in [1.82, 2.24) is 4.98 Å². The Labute approximate surface area is 189 Å². The number of aromatic amines is 1. The van der Waals surface area contributed by atoms with Crippen LogP contribution >= 0.6 is 0 Å². The first-order valence-corrected chi connectivity index (χ1v) is 10.5. The number of H-pyrrole nitrogens is 1. The SMILES string of the molecule is C.OCc1cccc(-c2ccccc2-c2cc(-c3ccccc3)c(-c3ccccc3)[nH]2)c1. The van der Waals surface area contributed by atoms with E-state index in [-0.39, 0.29) is 14.0 Å². The van der Waals surface area contributed by atoms with Crippen LogP contribution in [0.2, 0.25) is 0 Å². The Morgan fingerprint density at radius 1 is 0.531 bits per heavy atom. The van der Waals surface area contributed by atoms with Gasteiger partial charge in [0.1, 0.15) is 0 Å². The maximum absolute atomic E-state index is 9.58. The predicted octanol–water partition coefficient (Wildman–Crippen LogP) is 7.81. The summed E-state index contributed by atoms with van der Waals surface area (Å²) in [6, 6.07) is 39.7. The Hall–Kier alpha value is -3.88. The highest BCUT2D eigenvalue weighted by atomic mass is 16.3. The van der Waals surface area contributed by atoms with Crippen LogP contribution in [-0.2, 0) is 6.61 Å². The topological polar surface area (TPSA) is 36.0 Å². The van der Waals surface area contributed by atoms with Gasteiger partial charge >= 0.3 is 0 Å². The molecule has 0 aliphatic rings. The highest BCUT2D eigenvalue weighted by Gasteiger charge is 2.15. The van der Waals surface area contributed by atoms with Crippen LogP contribution in [0.1, 0.15) is 13.0 Å². The second-order valence-corrected chi connectivity index (χ2v) is 7.61. The molecule has 32 heavy (non-hydrogen) atoms. The Morgan fingerprint density at radius 2 is 1.12 bits per heavy atom. The standard InChI is InChI=1S/C29H23NO.CH4/c31-20-21-10-9-15-24(18-21)25-16-7-8-17-26(25)28-19-27(22-11-3-1-4-12-22)29(30-28)23-13-5-2-6-14-23;/h1-19,30-31H,20H2;1H4. The molecule has 1 aromatic heterocycles. The van der Waals surface area contributed by atoms with Crippen LogP contribution in [0.4, 0.5) is 0 Å². The number of aromatic nitrogens is 1. The van der Waals surface area contributed by atoms with Crippen molar-refractivity contribution in [2.45, 2.75) is 14.0 Å². The zero-order chi connectivity index (χ0) is 21.0. The molecule has 0 radical (unpaired) electrons. The Bertz CT molecular complexity index is 1250. The average molecular weight is 418 g/mol. The van der Waals surface area contributed by atoms with Crippen LogP contribution < -0.4 is 0 Å². The number of hydrogen-bond acceptors (Lipinski definition) is 1. The number of aliphatic hydroxyl groups is 1. The lowest BCUT2D eigenvalue weighted by atomic mass is 9.96. The van der Waals surface area contributed by atoms with E-state index >= 15 is 0 Å². The number of rotatable bonds is 5. The first-order valence-electron chi connectivity index (χ1n) is 10.5. The van der Waals surface area contributed by atoms with Crippen LogP contribution in [0.25, 0.3) is 44.8 Å². The van der Waals surface area contributed by atoms with Gasteiger partial charge in [0.25, 0.3) is 0 Å². The van der Waals surface area contributed by atoms with E-state index in [1.54, 1.807) is 0 Å². The molecule has 0 saturated carbocycles. The minimum Gasteiger partial charge on any atom is -0.392 e. The van der Waals surface area contributed by atoms with Crippen molar-refractivity contribution >= 4 is 0 Å². The minimum absolute atomic E-state index is 0. The number of nitrogens with one attached hydrogen (secondary N) is 1. The third-order valence-electron chi connectivity index (χ3n) is 5.60. The smallest absolute Gasteiger partial charge is 0.0682 e. The predicted molar refractivity (Wildman–Crippen MR) is 135 cm³/mol. The van der Waals surface area contributed by atoms with Gasteiger partial charge in [0, 0.05) is 16.8 Å². The summed E-state index contributed by atoms with van der Waals surface area (Å²) in [6.45, 7) is 0.0365. The molecule has 2 heteroatoms. The Balaban J connectivity index is 0.00000245. The number of aliphatic hydroxyl groups excluding tert-OH is 1. The van der Waals surface area contributed by atoms with Gasteiger partial charge in [0.2, 0.25) is 0 Å². The normalized spacial score (nSPS) is 10.5. The van der Waals surface area contributed by atoms with Crippen LogP contribution in [0, 0.1) is 0 Å². The second-order valence-electron chi connectivity index (χ2n) is 7.61. The maximum atomic E-state index is 9.58. The molecular formula is C30H27NO. The average Bonchev–Trinajstić information content (AvgIpc) is 3.31. The third-order valence-corrected chi connectivity index (χ3v) is 5.60. The van der Waals surface area contributed by atoms with Crippen molar-refractivity contribution in [2.75, 3.05) is 0 Å². The van der Waals surface area contributed by atoms with Gasteiger partial charge in [-0.25, -0.2) is 0 Å². The van der Waals surface area contributed by atoms with Gasteiger partial charge < -0.3 is 10.1 Å². The van der Waals surface area contributed by atoms with Gasteiger partial charge in [-0.05, 0) is 39.9 Å². The number of benzene rings is 4. The highest BCUT2D eigenvalue weighted by Crippen LogP contribution is 2.39. The van der Waals surface area contributed by atoms with E-state index < -0.39 is 0 Å². The van der Waals surface area contributed by atoms with Crippen LogP contribution in [-0.4, -0.2) is 10.1 Å². The lowest BCUT2D eigenvalue weighted by Gasteiger charge is -2.10. The molecule has 2 nitrogen and oxygen atoms in total. The van der Waals surface area contributed by atoms with Gasteiger partial charge in [-0.1, -0.05) is 111 Å². The molecule has 158 valence electrons. The molecule has 4 aromatic carbocycles. The third kappa shape index (κ3) is 4.14. The molecule has 0 atom stereocenters. The monoisotopic (exact) mass is 417 g/mol. The van der Waals surface area contributed by atoms with Crippen LogP contribution in [0.15, 0.2) is 115 Å². The highest BCUT2D eigenvalue weighted by molar-refractivity contribution is 5.90. The van der Waals surface area contributed by atoms with Crippen molar-refractivity contribution in [1.29, 1.82) is 0 Å². The largest absolute Gasteiger partial charge is 0.392 e. The summed E-state index contributed by atoms with van der Waals surface area (Å²) in [6.07, 6.45) is 0. The molecule has 5 rings (SSSR count). The molecule has 0 bridgehead atoms. The van der Waals surface area contributed by atoms with Crippen LogP contribution in [0.3, 0.4) is 0 Å². The van der Waals surface area contributed by atoms with Gasteiger partial charge in [0.05, 0.1) is 12.3 Å². The fraction of sp³-hybridized carbons (Fsp3) is 0.0667. The van der Waals surface area contributed by atoms with Crippen molar-refractivity contribution in [2.24, 2.45) is 0 Å². The molecule has 0 aliphatic carbocycles. The summed E-state index contributed by atoms with van der Waals surface area (Å²) in [7, 11) is 0. The second kappa shape index (κ2) is 9.51. The fourth-order valence-corrected chi connectivity index (χ4v) is 4.08. The van der Waals surface area contributed by atoms with Gasteiger partial charge in [0.15, 0.2) is 0 Å². The summed E-state index contributed by atoms with van der Waals surface area (Å²) < 4.78 is 0. The quantitative estimate of drug-likeness (QED) is 0.300. The summed E-state index contributed by atoms with van der Waals surface area (Å²) >= 11 is 0. The Kier molecular flexibility index (Phi) is 6.34. The molecule has 5 aromatic rings. The summed E-state index contributed by atoms with van der Waals surface area (Å²) in [5.74, 6) is 0. The molecule has 0 amide bonds. The van der Waals surface area contributed by atoms with E-state index in [2.05, 4.69) is 96.0 Å². The fourth-order valence-electron chi connectivity index (χ4n) is 4.08. The Morgan fingerprint density at radius 3 is 1.81 bits per heavy atom. The zero-order valence-electron chi connectivity index (χ0n) is 17.1. The van der Waals surface area contributed by atoms with Crippen molar-refractivity contribution in [3.8, 4) is 44.8 Å². The van der Waals surface area contributed by atoms with E-state index in [4.69, 9.17) is 0 Å². The van der Waals surface area contributed by atoms with Crippen molar-refractivity contribution < 1.29 is 5.11 Å². The minimum atomic E-state index is 0. The maximum Gasteiger partial charge on any atom is 0.0682 e. The molecule has 2 N–H and O–H groups in total. The van der Waals surface area contributed by atoms with Crippen molar-refractivity contribution in [3.63, 3.8) is 0 Å². The first-order chi connectivity index (χ1) is 15.3. The summed E-state index contributed by atoms with van der Waals surface area (Å²) in [5, 5.41) is 9.58. The molecule has 0 fully saturated rings. The van der Waals surface area contributed by atoms with E-state index in [0.717, 1.165) is 39.2 Å². The van der Waals surface area contributed by atoms with Gasteiger partial charge in [-0.15, -0.1) is 0 Å². The van der Waals surface area contributed by atoms with Crippen molar-refractivity contribution in [3.05, 3.63) is 121 Å². The lowest BCUT2D eigenvalue weighted by Crippen LogP contribution is -1.88. The summed E-state index contributed by atoms with van der Waals surface area (Å²) in [4.78, 5) is 3.70. The molecular weight excluding hydrogens is 390 g/mol. The van der Waals surface area contributed by atoms with Gasteiger partial charge in [-0.3, -0.25) is 0 Å². The first kappa shape index (κ1) is 21.4. The van der Waals surface area contributed by atoms with Crippen LogP contribution in [0.5, 0.6) is 0 Å². The lowest BCUT2D eigenvalue weighted by molar-refractivity contribution is 0.282. The van der Waals surface area contributed by atoms with Gasteiger partial charge in [-0.2, -0.15) is 0 Å². The molecule has 0 unspecified atom stereocenters. The van der Waals surface area contributed by atoms with E-state index in [9.17, 15) is 5.11 Å². The number of hydrogen-bond donors (Lipinski definition) is 2. The van der Waals surface area contributed by atoms with E-state index in [1.807, 2.05) is 24.3 Å². The van der Waals surface area contributed by atoms with E-state index in [0.29, 0.717) is 0 Å². The molecule has 0 saturated heterocycles. The summed E-state index contributed by atoms with van der Waals surface area (Å²) in [5.41, 5.74) is 9.99. The zero-order valence-corrected chi connectivity index (χ0v) is 17.1.